The molecule has 2 aliphatic heterocycles. The fourth-order valence-corrected chi connectivity index (χ4v) is 3.54. The zero-order valence-electron chi connectivity index (χ0n) is 12.7. The van der Waals surface area contributed by atoms with Gasteiger partial charge in [0.15, 0.2) is 0 Å². The van der Waals surface area contributed by atoms with Crippen LogP contribution in [0.15, 0.2) is 42.7 Å². The third-order valence-electron chi connectivity index (χ3n) is 4.89. The van der Waals surface area contributed by atoms with Crippen molar-refractivity contribution < 1.29 is 9.18 Å². The molecule has 1 spiro atoms. The van der Waals surface area contributed by atoms with Gasteiger partial charge in [0.05, 0.1) is 11.1 Å². The number of anilines is 1. The Balaban J connectivity index is 1.53. The maximum atomic E-state index is 13.8. The van der Waals surface area contributed by atoms with Gasteiger partial charge >= 0.3 is 0 Å². The van der Waals surface area contributed by atoms with Gasteiger partial charge in [-0.3, -0.25) is 4.79 Å². The zero-order valence-corrected chi connectivity index (χ0v) is 12.7. The Hall–Kier alpha value is -2.50. The molecule has 4 rings (SSSR count). The molecule has 6 heteroatoms. The van der Waals surface area contributed by atoms with Gasteiger partial charge in [-0.2, -0.15) is 0 Å². The molecule has 5 nitrogen and oxygen atoms in total. The van der Waals surface area contributed by atoms with Gasteiger partial charge in [-0.1, -0.05) is 12.1 Å². The van der Waals surface area contributed by atoms with Crippen LogP contribution in [0, 0.1) is 5.82 Å². The standard InChI is InChI=1S/C17H17FN4O/c18-14-5-2-1-4-13(14)15(23)21-10-6-17(12-21)7-11-22(17)16-19-8-3-9-20-16/h1-5,8-9H,6-7,10-12H2. The average Bonchev–Trinajstić information content (AvgIpc) is 3.02. The lowest BCUT2D eigenvalue weighted by Crippen LogP contribution is -2.62. The first kappa shape index (κ1) is 14.1. The van der Waals surface area contributed by atoms with Crippen molar-refractivity contribution in [2.75, 3.05) is 24.5 Å². The lowest BCUT2D eigenvalue weighted by Gasteiger charge is -2.50. The first-order valence-electron chi connectivity index (χ1n) is 7.78. The Morgan fingerprint density at radius 2 is 1.83 bits per heavy atom. The quantitative estimate of drug-likeness (QED) is 0.852. The highest BCUT2D eigenvalue weighted by Crippen LogP contribution is 2.41. The summed E-state index contributed by atoms with van der Waals surface area (Å²) in [6.45, 7) is 2.13. The number of rotatable bonds is 2. The fourth-order valence-electron chi connectivity index (χ4n) is 3.54. The summed E-state index contributed by atoms with van der Waals surface area (Å²) >= 11 is 0. The number of benzene rings is 1. The summed E-state index contributed by atoms with van der Waals surface area (Å²) in [5, 5.41) is 0. The molecule has 2 saturated heterocycles. The third kappa shape index (κ3) is 2.25. The maximum absolute atomic E-state index is 13.8. The number of halogens is 1. The first-order valence-corrected chi connectivity index (χ1v) is 7.78. The molecule has 0 aliphatic carbocycles. The molecule has 2 aliphatic rings. The van der Waals surface area contributed by atoms with E-state index in [0.717, 1.165) is 19.4 Å². The molecule has 2 fully saturated rings. The SMILES string of the molecule is O=C(c1ccccc1F)N1CCC2(CCN2c2ncccn2)C1. The Bertz CT molecular complexity index is 738. The number of aromatic nitrogens is 2. The number of carbonyl (C=O) groups is 1. The van der Waals surface area contributed by atoms with Gasteiger partial charge in [-0.15, -0.1) is 0 Å². The second kappa shape index (κ2) is 5.30. The van der Waals surface area contributed by atoms with Crippen LogP contribution < -0.4 is 4.90 Å². The van der Waals surface area contributed by atoms with Crippen LogP contribution in [0.25, 0.3) is 0 Å². The number of hydrogen-bond acceptors (Lipinski definition) is 4. The van der Waals surface area contributed by atoms with E-state index < -0.39 is 5.82 Å². The fraction of sp³-hybridized carbons (Fsp3) is 0.353. The van der Waals surface area contributed by atoms with Gasteiger partial charge in [0.25, 0.3) is 5.91 Å². The lowest BCUT2D eigenvalue weighted by atomic mass is 9.84. The van der Waals surface area contributed by atoms with Crippen LogP contribution in [0.2, 0.25) is 0 Å². The maximum Gasteiger partial charge on any atom is 0.256 e. The van der Waals surface area contributed by atoms with Crippen LogP contribution in [0.5, 0.6) is 0 Å². The van der Waals surface area contributed by atoms with Crippen molar-refractivity contribution in [3.63, 3.8) is 0 Å². The summed E-state index contributed by atoms with van der Waals surface area (Å²) in [6, 6.07) is 7.94. The van der Waals surface area contributed by atoms with Crippen LogP contribution >= 0.6 is 0 Å². The summed E-state index contributed by atoms with van der Waals surface area (Å²) in [6.07, 6.45) is 5.33. The summed E-state index contributed by atoms with van der Waals surface area (Å²) in [4.78, 5) is 25.1. The van der Waals surface area contributed by atoms with E-state index in [1.807, 2.05) is 0 Å². The molecular weight excluding hydrogens is 295 g/mol. The third-order valence-corrected chi connectivity index (χ3v) is 4.89. The highest BCUT2D eigenvalue weighted by molar-refractivity contribution is 5.94. The molecule has 1 aromatic carbocycles. The molecule has 0 N–H and O–H groups in total. The van der Waals surface area contributed by atoms with E-state index in [0.29, 0.717) is 19.0 Å². The Labute approximate surface area is 133 Å². The number of amides is 1. The Morgan fingerprint density at radius 3 is 2.52 bits per heavy atom. The van der Waals surface area contributed by atoms with Gasteiger partial charge in [0.1, 0.15) is 5.82 Å². The van der Waals surface area contributed by atoms with Crippen LogP contribution in [-0.2, 0) is 0 Å². The second-order valence-electron chi connectivity index (χ2n) is 6.13. The van der Waals surface area contributed by atoms with E-state index in [1.54, 1.807) is 41.6 Å². The first-order chi connectivity index (χ1) is 11.2. The molecule has 0 bridgehead atoms. The molecule has 2 aromatic rings. The minimum atomic E-state index is -0.463. The van der Waals surface area contributed by atoms with E-state index >= 15 is 0 Å². The monoisotopic (exact) mass is 312 g/mol. The summed E-state index contributed by atoms with van der Waals surface area (Å²) in [7, 11) is 0. The smallest absolute Gasteiger partial charge is 0.256 e. The van der Waals surface area contributed by atoms with Crippen molar-refractivity contribution in [3.05, 3.63) is 54.1 Å². The highest BCUT2D eigenvalue weighted by Gasteiger charge is 2.51. The topological polar surface area (TPSA) is 49.3 Å². The Morgan fingerprint density at radius 1 is 1.09 bits per heavy atom. The second-order valence-corrected chi connectivity index (χ2v) is 6.13. The average molecular weight is 312 g/mol. The molecule has 118 valence electrons. The van der Waals surface area contributed by atoms with Crippen molar-refractivity contribution in [3.8, 4) is 0 Å². The normalized spacial score (nSPS) is 23.2. The van der Waals surface area contributed by atoms with E-state index in [4.69, 9.17) is 0 Å². The van der Waals surface area contributed by atoms with E-state index in [9.17, 15) is 9.18 Å². The number of carbonyl (C=O) groups excluding carboxylic acids is 1. The molecule has 0 saturated carbocycles. The van der Waals surface area contributed by atoms with Gasteiger partial charge in [0, 0.05) is 32.0 Å². The highest BCUT2D eigenvalue weighted by atomic mass is 19.1. The van der Waals surface area contributed by atoms with Crippen LogP contribution in [0.1, 0.15) is 23.2 Å². The van der Waals surface area contributed by atoms with Crippen LogP contribution in [0.3, 0.4) is 0 Å². The zero-order chi connectivity index (χ0) is 15.9. The molecule has 0 radical (unpaired) electrons. The number of likely N-dealkylation sites (tertiary alicyclic amines) is 1. The van der Waals surface area contributed by atoms with Crippen molar-refractivity contribution in [1.82, 2.24) is 14.9 Å². The summed E-state index contributed by atoms with van der Waals surface area (Å²) < 4.78 is 13.8. The minimum absolute atomic E-state index is 0.0950. The van der Waals surface area contributed by atoms with Gasteiger partial charge in [-0.25, -0.2) is 14.4 Å². The van der Waals surface area contributed by atoms with Crippen LogP contribution in [-0.4, -0.2) is 45.9 Å². The van der Waals surface area contributed by atoms with Crippen molar-refractivity contribution in [2.24, 2.45) is 0 Å². The predicted molar refractivity (Wildman–Crippen MR) is 83.6 cm³/mol. The van der Waals surface area contributed by atoms with E-state index in [2.05, 4.69) is 14.9 Å². The lowest BCUT2D eigenvalue weighted by molar-refractivity contribution is 0.0771. The number of hydrogen-bond donors (Lipinski definition) is 0. The van der Waals surface area contributed by atoms with Crippen molar-refractivity contribution >= 4 is 11.9 Å². The predicted octanol–water partition coefficient (Wildman–Crippen LogP) is 2.11. The van der Waals surface area contributed by atoms with E-state index in [1.165, 1.54) is 6.07 Å². The number of nitrogens with zero attached hydrogens (tertiary/aromatic N) is 4. The van der Waals surface area contributed by atoms with Gasteiger partial charge in [-0.05, 0) is 31.0 Å². The summed E-state index contributed by atoms with van der Waals surface area (Å²) in [5.41, 5.74) is 0.0498. The van der Waals surface area contributed by atoms with Crippen molar-refractivity contribution in [2.45, 2.75) is 18.4 Å². The molecule has 1 amide bonds. The van der Waals surface area contributed by atoms with Crippen molar-refractivity contribution in [1.29, 1.82) is 0 Å². The van der Waals surface area contributed by atoms with Gasteiger partial charge in [0.2, 0.25) is 5.95 Å². The van der Waals surface area contributed by atoms with Gasteiger partial charge < -0.3 is 9.80 Å². The minimum Gasteiger partial charge on any atom is -0.336 e. The molecule has 1 unspecified atom stereocenters. The molecule has 3 heterocycles. The molecule has 1 aromatic heterocycles. The molecule has 1 atom stereocenters. The molecule has 23 heavy (non-hydrogen) atoms. The summed E-state index contributed by atoms with van der Waals surface area (Å²) in [5.74, 6) is 0.00931. The Kier molecular flexibility index (Phi) is 3.25. The van der Waals surface area contributed by atoms with Crippen LogP contribution in [0.4, 0.5) is 10.3 Å². The van der Waals surface area contributed by atoms with E-state index in [-0.39, 0.29) is 17.0 Å². The largest absolute Gasteiger partial charge is 0.336 e. The molecular formula is C17H17FN4O.